The van der Waals surface area contributed by atoms with Crippen LogP contribution in [0.2, 0.25) is 0 Å². The van der Waals surface area contributed by atoms with Gasteiger partial charge in [0.2, 0.25) is 0 Å². The lowest BCUT2D eigenvalue weighted by molar-refractivity contribution is -0.243. The molecule has 0 aromatic carbocycles. The predicted octanol–water partition coefficient (Wildman–Crippen LogP) is 8.00. The highest BCUT2D eigenvalue weighted by atomic mass is 16.5. The number of carbonyl (C=O) groups excluding carboxylic acids is 1. The van der Waals surface area contributed by atoms with Crippen LogP contribution in [0.3, 0.4) is 0 Å². The molecule has 5 nitrogen and oxygen atoms in total. The van der Waals surface area contributed by atoms with Gasteiger partial charge >= 0.3 is 5.97 Å². The molecule has 10 atom stereocenters. The Morgan fingerprint density at radius 1 is 0.884 bits per heavy atom. The minimum absolute atomic E-state index is 0.0247. The third-order valence-corrected chi connectivity index (χ3v) is 14.9. The van der Waals surface area contributed by atoms with E-state index < -0.39 is 23.0 Å². The van der Waals surface area contributed by atoms with E-state index in [-0.39, 0.29) is 46.1 Å². The Morgan fingerprint density at radius 3 is 2.26 bits per heavy atom. The lowest BCUT2D eigenvalue weighted by atomic mass is 9.33. The second kappa shape index (κ2) is 11.7. The Labute approximate surface area is 262 Å². The number of fused-ring (bicyclic) bond motifs is 7. The molecule has 3 N–H and O–H groups in total. The highest BCUT2D eigenvalue weighted by molar-refractivity contribution is 5.78. The van der Waals surface area contributed by atoms with E-state index in [4.69, 9.17) is 4.74 Å². The van der Waals surface area contributed by atoms with Gasteiger partial charge in [-0.3, -0.25) is 4.79 Å². The molecule has 0 aliphatic heterocycles. The number of aliphatic hydroxyl groups excluding tert-OH is 3. The molecular formula is C38H64O5. The third kappa shape index (κ3) is 5.09. The van der Waals surface area contributed by atoms with Gasteiger partial charge in [0.1, 0.15) is 0 Å². The summed E-state index contributed by atoms with van der Waals surface area (Å²) in [6, 6.07) is 0. The summed E-state index contributed by atoms with van der Waals surface area (Å²) < 4.78 is 6.16. The largest absolute Gasteiger partial charge is 0.465 e. The van der Waals surface area contributed by atoms with Crippen molar-refractivity contribution in [3.63, 3.8) is 0 Å². The first-order chi connectivity index (χ1) is 20.2. The SMILES string of the molecule is CCCCCCCCOC(=O)[C@]12CCC(C)(C)C[C@H]1C1=CC[C@@H]3[C@@]4(C)C[C@@H](O)[C@H](O)[C@@](C)(CO)[C@@H]4CC[C@@]3(C)[C@]1(C)CC2. The summed E-state index contributed by atoms with van der Waals surface area (Å²) in [5, 5.41) is 32.8. The van der Waals surface area contributed by atoms with Gasteiger partial charge in [0, 0.05) is 5.41 Å². The number of hydrogen-bond acceptors (Lipinski definition) is 5. The molecule has 0 spiro atoms. The summed E-state index contributed by atoms with van der Waals surface area (Å²) in [6.07, 6.45) is 16.4. The molecule has 43 heavy (non-hydrogen) atoms. The summed E-state index contributed by atoms with van der Waals surface area (Å²) >= 11 is 0. The van der Waals surface area contributed by atoms with Crippen LogP contribution in [0, 0.1) is 50.2 Å². The van der Waals surface area contributed by atoms with E-state index in [1.807, 2.05) is 6.92 Å². The number of rotatable bonds is 9. The van der Waals surface area contributed by atoms with Crippen LogP contribution in [0.4, 0.5) is 0 Å². The van der Waals surface area contributed by atoms with Crippen LogP contribution in [0.5, 0.6) is 0 Å². The molecule has 0 unspecified atom stereocenters. The maximum atomic E-state index is 14.1. The van der Waals surface area contributed by atoms with Crippen LogP contribution in [0.1, 0.15) is 145 Å². The molecule has 0 aromatic rings. The van der Waals surface area contributed by atoms with Gasteiger partial charge in [-0.15, -0.1) is 0 Å². The summed E-state index contributed by atoms with van der Waals surface area (Å²) in [7, 11) is 0. The molecule has 5 heteroatoms. The molecule has 0 bridgehead atoms. The van der Waals surface area contributed by atoms with Crippen LogP contribution in [0.25, 0.3) is 0 Å². The minimum Gasteiger partial charge on any atom is -0.465 e. The normalized spacial score (nSPS) is 46.9. The lowest BCUT2D eigenvalue weighted by Crippen LogP contribution is -2.68. The van der Waals surface area contributed by atoms with E-state index in [9.17, 15) is 20.1 Å². The monoisotopic (exact) mass is 600 g/mol. The van der Waals surface area contributed by atoms with Gasteiger partial charge < -0.3 is 20.1 Å². The zero-order valence-electron chi connectivity index (χ0n) is 28.6. The van der Waals surface area contributed by atoms with E-state index in [1.54, 1.807) is 0 Å². The van der Waals surface area contributed by atoms with Crippen molar-refractivity contribution in [1.29, 1.82) is 0 Å². The standard InChI is InChI=1S/C38H64O5/c1-8-9-10-11-12-13-22-43-32(42)38-20-18-33(2,3)23-27(38)26-14-15-30-34(4)24-28(40)31(41)35(5,25-39)29(34)16-17-37(30,7)36(26,6)19-21-38/h14,27-31,39-41H,8-13,15-25H2,1-7H3/t27-,28+,29+,30+,31-,34-,35-,36+,37+,38-/m0/s1. The zero-order chi connectivity index (χ0) is 31.5. The van der Waals surface area contributed by atoms with Gasteiger partial charge in [-0.2, -0.15) is 0 Å². The highest BCUT2D eigenvalue weighted by Crippen LogP contribution is 2.75. The highest BCUT2D eigenvalue weighted by Gasteiger charge is 2.70. The fourth-order valence-electron chi connectivity index (χ4n) is 11.9. The number of allylic oxidation sites excluding steroid dienone is 2. The lowest BCUT2D eigenvalue weighted by Gasteiger charge is -2.71. The molecule has 5 aliphatic rings. The average molecular weight is 601 g/mol. The molecule has 5 aliphatic carbocycles. The Hall–Kier alpha value is -0.910. The molecular weight excluding hydrogens is 536 g/mol. The van der Waals surface area contributed by atoms with E-state index in [0.29, 0.717) is 18.9 Å². The van der Waals surface area contributed by atoms with Gasteiger partial charge in [-0.25, -0.2) is 0 Å². The van der Waals surface area contributed by atoms with Crippen molar-refractivity contribution in [3.05, 3.63) is 11.6 Å². The van der Waals surface area contributed by atoms with Crippen molar-refractivity contribution in [2.45, 2.75) is 157 Å². The maximum Gasteiger partial charge on any atom is 0.312 e. The average Bonchev–Trinajstić information content (AvgIpc) is 2.95. The minimum atomic E-state index is -0.896. The van der Waals surface area contributed by atoms with Crippen molar-refractivity contribution < 1.29 is 24.9 Å². The van der Waals surface area contributed by atoms with E-state index in [0.717, 1.165) is 64.2 Å². The van der Waals surface area contributed by atoms with Crippen molar-refractivity contribution in [2.24, 2.45) is 50.2 Å². The van der Waals surface area contributed by atoms with Crippen LogP contribution in [-0.4, -0.2) is 46.7 Å². The second-order valence-corrected chi connectivity index (χ2v) is 17.7. The Balaban J connectivity index is 1.44. The Morgan fingerprint density at radius 2 is 1.56 bits per heavy atom. The number of unbranched alkanes of at least 4 members (excludes halogenated alkanes) is 5. The Bertz CT molecular complexity index is 1070. The molecule has 0 saturated heterocycles. The third-order valence-electron chi connectivity index (χ3n) is 14.9. The van der Waals surface area contributed by atoms with Crippen LogP contribution in [-0.2, 0) is 9.53 Å². The van der Waals surface area contributed by atoms with E-state index >= 15 is 0 Å². The Kier molecular flexibility index (Phi) is 9.11. The molecule has 246 valence electrons. The number of esters is 1. The molecule has 0 radical (unpaired) electrons. The van der Waals surface area contributed by atoms with Crippen molar-refractivity contribution >= 4 is 5.97 Å². The predicted molar refractivity (Wildman–Crippen MR) is 172 cm³/mol. The fourth-order valence-corrected chi connectivity index (χ4v) is 11.9. The first-order valence-electron chi connectivity index (χ1n) is 18.0. The first kappa shape index (κ1) is 33.5. The zero-order valence-corrected chi connectivity index (χ0v) is 28.6. The van der Waals surface area contributed by atoms with Gasteiger partial charge in [0.25, 0.3) is 0 Å². The van der Waals surface area contributed by atoms with Crippen LogP contribution >= 0.6 is 0 Å². The van der Waals surface area contributed by atoms with Crippen LogP contribution in [0.15, 0.2) is 11.6 Å². The molecule has 0 amide bonds. The molecule has 4 saturated carbocycles. The van der Waals surface area contributed by atoms with Crippen molar-refractivity contribution in [3.8, 4) is 0 Å². The fraction of sp³-hybridized carbons (Fsp3) is 0.921. The molecule has 0 aromatic heterocycles. The van der Waals surface area contributed by atoms with Gasteiger partial charge in [-0.1, -0.05) is 92.2 Å². The van der Waals surface area contributed by atoms with E-state index in [2.05, 4.69) is 47.6 Å². The number of hydrogen-bond donors (Lipinski definition) is 3. The first-order valence-corrected chi connectivity index (χ1v) is 18.0. The summed E-state index contributed by atoms with van der Waals surface area (Å²) in [5.74, 6) is 0.796. The smallest absolute Gasteiger partial charge is 0.312 e. The second-order valence-electron chi connectivity index (χ2n) is 17.7. The summed E-state index contributed by atoms with van der Waals surface area (Å²) in [5.41, 5.74) is 0.427. The van der Waals surface area contributed by atoms with Gasteiger partial charge in [0.15, 0.2) is 0 Å². The summed E-state index contributed by atoms with van der Waals surface area (Å²) in [6.45, 7) is 16.8. The number of aliphatic hydroxyl groups is 3. The topological polar surface area (TPSA) is 87.0 Å². The van der Waals surface area contributed by atoms with Crippen molar-refractivity contribution in [2.75, 3.05) is 13.2 Å². The number of ether oxygens (including phenoxy) is 1. The molecule has 0 heterocycles. The van der Waals surface area contributed by atoms with Crippen molar-refractivity contribution in [1.82, 2.24) is 0 Å². The molecule has 5 rings (SSSR count). The van der Waals surface area contributed by atoms with E-state index in [1.165, 1.54) is 31.3 Å². The van der Waals surface area contributed by atoms with Crippen LogP contribution < -0.4 is 0 Å². The van der Waals surface area contributed by atoms with Gasteiger partial charge in [0.05, 0.1) is 30.8 Å². The quantitative estimate of drug-likeness (QED) is 0.142. The molecule has 4 fully saturated rings. The maximum absolute atomic E-state index is 14.1. The summed E-state index contributed by atoms with van der Waals surface area (Å²) in [4.78, 5) is 14.1. The number of carbonyl (C=O) groups is 1. The van der Waals surface area contributed by atoms with Gasteiger partial charge in [-0.05, 0) is 104 Å².